The molecular formula is C28H46N2O6. The maximum absolute atomic E-state index is 12.5. The molecular weight excluding hydrogens is 460 g/mol. The zero-order valence-corrected chi connectivity index (χ0v) is 22.1. The molecule has 0 unspecified atom stereocenters. The number of aliphatic hydroxyl groups is 2. The SMILES string of the molecule is C[C@H](CCC(=O)N[C@@H](CC(N)=O)C(=O)O)[C@H]1CC[C@H]2[C@@H]3[C@@H](O)C[C@@H]4C[C@H](O)CC[C@]4(C)[C@H]3CC[C@]12C. The van der Waals surface area contributed by atoms with Gasteiger partial charge in [-0.3, -0.25) is 9.59 Å². The Kier molecular flexibility index (Phi) is 7.78. The van der Waals surface area contributed by atoms with Gasteiger partial charge in [0.25, 0.3) is 0 Å². The van der Waals surface area contributed by atoms with Crippen molar-refractivity contribution in [3.63, 3.8) is 0 Å². The summed E-state index contributed by atoms with van der Waals surface area (Å²) in [6.07, 6.45) is 7.95. The summed E-state index contributed by atoms with van der Waals surface area (Å²) in [6.45, 7) is 7.03. The largest absolute Gasteiger partial charge is 0.480 e. The summed E-state index contributed by atoms with van der Waals surface area (Å²) in [5, 5.41) is 33.4. The fourth-order valence-electron chi connectivity index (χ4n) is 9.40. The van der Waals surface area contributed by atoms with E-state index in [-0.39, 0.29) is 35.4 Å². The summed E-state index contributed by atoms with van der Waals surface area (Å²) < 4.78 is 0. The highest BCUT2D eigenvalue weighted by Crippen LogP contribution is 2.68. The molecule has 6 N–H and O–H groups in total. The Bertz CT molecular complexity index is 865. The molecule has 8 heteroatoms. The van der Waals surface area contributed by atoms with E-state index in [1.165, 1.54) is 0 Å². The van der Waals surface area contributed by atoms with Gasteiger partial charge >= 0.3 is 5.97 Å². The number of carbonyl (C=O) groups is 3. The third kappa shape index (κ3) is 4.92. The quantitative estimate of drug-likeness (QED) is 0.342. The van der Waals surface area contributed by atoms with Gasteiger partial charge in [-0.05, 0) is 104 Å². The van der Waals surface area contributed by atoms with Crippen LogP contribution in [-0.2, 0) is 14.4 Å². The van der Waals surface area contributed by atoms with Crippen LogP contribution in [0.1, 0.15) is 91.4 Å². The topological polar surface area (TPSA) is 150 Å². The van der Waals surface area contributed by atoms with Gasteiger partial charge in [0.05, 0.1) is 18.6 Å². The van der Waals surface area contributed by atoms with Crippen LogP contribution < -0.4 is 11.1 Å². The summed E-state index contributed by atoms with van der Waals surface area (Å²) in [5.41, 5.74) is 5.45. The number of nitrogens with two attached hydrogens (primary N) is 1. The van der Waals surface area contributed by atoms with Gasteiger partial charge in [-0.2, -0.15) is 0 Å². The predicted molar refractivity (Wildman–Crippen MR) is 134 cm³/mol. The molecule has 0 saturated heterocycles. The van der Waals surface area contributed by atoms with Crippen molar-refractivity contribution in [3.05, 3.63) is 0 Å². The number of carbonyl (C=O) groups excluding carboxylic acids is 2. The summed E-state index contributed by atoms with van der Waals surface area (Å²) in [7, 11) is 0. The number of aliphatic hydroxyl groups excluding tert-OH is 2. The number of primary amides is 1. The Morgan fingerprint density at radius 2 is 1.67 bits per heavy atom. The van der Waals surface area contributed by atoms with E-state index in [0.29, 0.717) is 41.9 Å². The molecule has 0 spiro atoms. The van der Waals surface area contributed by atoms with E-state index in [1.54, 1.807) is 0 Å². The number of carboxylic acids is 1. The Hall–Kier alpha value is -1.67. The molecule has 0 aliphatic heterocycles. The second-order valence-corrected chi connectivity index (χ2v) is 13.1. The first-order valence-corrected chi connectivity index (χ1v) is 14.0. The number of fused-ring (bicyclic) bond motifs is 5. The molecule has 4 aliphatic carbocycles. The third-order valence-electron chi connectivity index (χ3n) is 11.3. The van der Waals surface area contributed by atoms with Crippen molar-refractivity contribution in [3.8, 4) is 0 Å². The second-order valence-electron chi connectivity index (χ2n) is 13.1. The minimum absolute atomic E-state index is 0.130. The van der Waals surface area contributed by atoms with E-state index in [1.807, 2.05) is 0 Å². The smallest absolute Gasteiger partial charge is 0.326 e. The Labute approximate surface area is 214 Å². The third-order valence-corrected chi connectivity index (χ3v) is 11.3. The van der Waals surface area contributed by atoms with Gasteiger partial charge in [0.2, 0.25) is 11.8 Å². The standard InChI is InChI=1S/C28H46N2O6/c1-15(4-7-24(34)30-21(26(35)36)14-23(29)33)18-5-6-19-25-20(9-11-28(18,19)3)27(2)10-8-17(31)12-16(27)13-22(25)32/h15-22,25,31-32H,4-14H2,1-3H3,(H2,29,33)(H,30,34)(H,35,36)/t15-,16+,17-,18-,19+,20+,21+,22+,25+,27+,28-/m1/s1. The molecule has 11 atom stereocenters. The monoisotopic (exact) mass is 506 g/mol. The average Bonchev–Trinajstić information content (AvgIpc) is 3.15. The first kappa shape index (κ1) is 27.4. The number of rotatable bonds is 8. The van der Waals surface area contributed by atoms with E-state index in [0.717, 1.165) is 51.4 Å². The highest BCUT2D eigenvalue weighted by Gasteiger charge is 2.62. The molecule has 4 rings (SSSR count). The Morgan fingerprint density at radius 1 is 1.00 bits per heavy atom. The normalized spacial score (nSPS) is 43.4. The number of hydrogen-bond acceptors (Lipinski definition) is 5. The molecule has 2 amide bonds. The van der Waals surface area contributed by atoms with Crippen molar-refractivity contribution in [1.29, 1.82) is 0 Å². The maximum Gasteiger partial charge on any atom is 0.326 e. The summed E-state index contributed by atoms with van der Waals surface area (Å²) in [6, 6.07) is -1.28. The molecule has 0 heterocycles. The van der Waals surface area contributed by atoms with E-state index in [2.05, 4.69) is 26.1 Å². The molecule has 36 heavy (non-hydrogen) atoms. The van der Waals surface area contributed by atoms with Crippen LogP contribution in [0.4, 0.5) is 0 Å². The van der Waals surface area contributed by atoms with E-state index in [4.69, 9.17) is 5.73 Å². The van der Waals surface area contributed by atoms with Crippen molar-refractivity contribution in [2.75, 3.05) is 0 Å². The lowest BCUT2D eigenvalue weighted by atomic mass is 9.43. The fourth-order valence-corrected chi connectivity index (χ4v) is 9.40. The van der Waals surface area contributed by atoms with Gasteiger partial charge < -0.3 is 26.4 Å². The van der Waals surface area contributed by atoms with E-state index < -0.39 is 24.3 Å². The minimum atomic E-state index is -1.28. The number of carboxylic acid groups (broad SMARTS) is 1. The van der Waals surface area contributed by atoms with Crippen LogP contribution >= 0.6 is 0 Å². The lowest BCUT2D eigenvalue weighted by Crippen LogP contribution is -2.58. The van der Waals surface area contributed by atoms with Gasteiger partial charge in [0.1, 0.15) is 6.04 Å². The van der Waals surface area contributed by atoms with Crippen molar-refractivity contribution in [2.24, 2.45) is 52.1 Å². The Balaban J connectivity index is 1.40. The van der Waals surface area contributed by atoms with Crippen molar-refractivity contribution >= 4 is 17.8 Å². The van der Waals surface area contributed by atoms with Gasteiger partial charge in [-0.15, -0.1) is 0 Å². The average molecular weight is 507 g/mol. The molecule has 204 valence electrons. The molecule has 4 saturated carbocycles. The zero-order valence-electron chi connectivity index (χ0n) is 22.1. The number of aliphatic carboxylic acids is 1. The van der Waals surface area contributed by atoms with Crippen molar-refractivity contribution in [2.45, 2.75) is 110 Å². The molecule has 0 radical (unpaired) electrons. The second kappa shape index (κ2) is 10.2. The highest BCUT2D eigenvalue weighted by molar-refractivity contribution is 5.88. The van der Waals surface area contributed by atoms with E-state index in [9.17, 15) is 29.7 Å². The lowest BCUT2D eigenvalue weighted by Gasteiger charge is -2.62. The molecule has 0 aromatic rings. The molecule has 0 aromatic carbocycles. The van der Waals surface area contributed by atoms with E-state index >= 15 is 0 Å². The molecule has 8 nitrogen and oxygen atoms in total. The lowest BCUT2D eigenvalue weighted by molar-refractivity contribution is -0.174. The van der Waals surface area contributed by atoms with Crippen LogP contribution in [0, 0.1) is 46.3 Å². The van der Waals surface area contributed by atoms with Crippen LogP contribution in [0.2, 0.25) is 0 Å². The molecule has 4 aliphatic rings. The predicted octanol–water partition coefficient (Wildman–Crippen LogP) is 2.84. The summed E-state index contributed by atoms with van der Waals surface area (Å²) >= 11 is 0. The maximum atomic E-state index is 12.5. The molecule has 4 fully saturated rings. The number of hydrogen-bond donors (Lipinski definition) is 5. The number of nitrogens with one attached hydrogen (secondary N) is 1. The first-order valence-electron chi connectivity index (χ1n) is 14.0. The number of amides is 2. The van der Waals surface area contributed by atoms with Crippen LogP contribution in [0.3, 0.4) is 0 Å². The van der Waals surface area contributed by atoms with Crippen LogP contribution in [0.5, 0.6) is 0 Å². The Morgan fingerprint density at radius 3 is 2.33 bits per heavy atom. The molecule has 0 bridgehead atoms. The summed E-state index contributed by atoms with van der Waals surface area (Å²) in [4.78, 5) is 34.9. The van der Waals surface area contributed by atoms with Gasteiger partial charge in [-0.1, -0.05) is 20.8 Å². The summed E-state index contributed by atoms with van der Waals surface area (Å²) in [5.74, 6) is 0.0860. The van der Waals surface area contributed by atoms with Crippen LogP contribution in [-0.4, -0.2) is 51.4 Å². The first-order chi connectivity index (χ1) is 16.9. The minimum Gasteiger partial charge on any atom is -0.480 e. The van der Waals surface area contributed by atoms with Crippen molar-refractivity contribution < 1.29 is 29.7 Å². The van der Waals surface area contributed by atoms with Crippen molar-refractivity contribution in [1.82, 2.24) is 5.32 Å². The zero-order chi connectivity index (χ0) is 26.4. The highest BCUT2D eigenvalue weighted by atomic mass is 16.4. The fraction of sp³-hybridized carbons (Fsp3) is 0.893. The van der Waals surface area contributed by atoms with Gasteiger partial charge in [-0.25, -0.2) is 4.79 Å². The van der Waals surface area contributed by atoms with Crippen LogP contribution in [0.15, 0.2) is 0 Å². The molecule has 0 aromatic heterocycles. The van der Waals surface area contributed by atoms with Gasteiger partial charge in [0, 0.05) is 6.42 Å². The van der Waals surface area contributed by atoms with Crippen LogP contribution in [0.25, 0.3) is 0 Å². The van der Waals surface area contributed by atoms with Gasteiger partial charge in [0.15, 0.2) is 0 Å².